The average Bonchev–Trinajstić information content (AvgIpc) is 2.64. The number of halogens is 1. The Bertz CT molecular complexity index is 498. The van der Waals surface area contributed by atoms with Gasteiger partial charge in [-0.1, -0.05) is 12.1 Å². The molecule has 0 saturated heterocycles. The first-order valence-corrected chi connectivity index (χ1v) is 4.67. The summed E-state index contributed by atoms with van der Waals surface area (Å²) in [5.41, 5.74) is 1.36. The highest BCUT2D eigenvalue weighted by Gasteiger charge is 2.06. The summed E-state index contributed by atoms with van der Waals surface area (Å²) in [7, 11) is 0. The van der Waals surface area contributed by atoms with Crippen LogP contribution in [0.1, 0.15) is 5.56 Å². The molecule has 1 aromatic heterocycles. The molecule has 14 heavy (non-hydrogen) atoms. The predicted octanol–water partition coefficient (Wildman–Crippen LogP) is 1.90. The van der Waals surface area contributed by atoms with E-state index in [2.05, 4.69) is 32.2 Å². The standard InChI is InChI=1S/C9H5BrN4/c10-9-13-12-6-14(9)8-4-2-1-3-7(8)5-11/h1-4,6H. The van der Waals surface area contributed by atoms with E-state index in [1.54, 1.807) is 17.0 Å². The van der Waals surface area contributed by atoms with Gasteiger partial charge in [0.15, 0.2) is 0 Å². The highest BCUT2D eigenvalue weighted by molar-refractivity contribution is 9.10. The minimum absolute atomic E-state index is 0.584. The molecule has 0 aliphatic rings. The predicted molar refractivity (Wildman–Crippen MR) is 53.8 cm³/mol. The summed E-state index contributed by atoms with van der Waals surface area (Å²) in [6.07, 6.45) is 1.56. The van der Waals surface area contributed by atoms with Crippen LogP contribution in [-0.4, -0.2) is 14.8 Å². The van der Waals surface area contributed by atoms with Crippen LogP contribution in [0, 0.1) is 11.3 Å². The lowest BCUT2D eigenvalue weighted by Crippen LogP contribution is -1.95. The molecule has 0 N–H and O–H groups in total. The van der Waals surface area contributed by atoms with E-state index < -0.39 is 0 Å². The van der Waals surface area contributed by atoms with Gasteiger partial charge >= 0.3 is 0 Å². The van der Waals surface area contributed by atoms with Gasteiger partial charge in [0, 0.05) is 0 Å². The van der Waals surface area contributed by atoms with Crippen LogP contribution < -0.4 is 0 Å². The van der Waals surface area contributed by atoms with Crippen LogP contribution >= 0.6 is 15.9 Å². The monoisotopic (exact) mass is 248 g/mol. The van der Waals surface area contributed by atoms with Crippen LogP contribution in [0.25, 0.3) is 5.69 Å². The Balaban J connectivity index is 2.64. The molecule has 68 valence electrons. The molecule has 5 heteroatoms. The molecule has 2 rings (SSSR count). The summed E-state index contributed by atoms with van der Waals surface area (Å²) in [5, 5.41) is 16.4. The minimum atomic E-state index is 0.584. The van der Waals surface area contributed by atoms with Gasteiger partial charge in [0.05, 0.1) is 11.3 Å². The first-order chi connectivity index (χ1) is 6.83. The van der Waals surface area contributed by atoms with Crippen molar-refractivity contribution in [1.82, 2.24) is 14.8 Å². The Morgan fingerprint density at radius 1 is 1.36 bits per heavy atom. The molecule has 0 unspecified atom stereocenters. The van der Waals surface area contributed by atoms with Crippen molar-refractivity contribution in [1.29, 1.82) is 5.26 Å². The zero-order valence-electron chi connectivity index (χ0n) is 7.05. The summed E-state index contributed by atoms with van der Waals surface area (Å²) in [6, 6.07) is 9.39. The maximum Gasteiger partial charge on any atom is 0.204 e. The molecule has 0 amide bonds. The number of aromatic nitrogens is 3. The Labute approximate surface area is 88.9 Å². The number of hydrogen-bond donors (Lipinski definition) is 0. The van der Waals surface area contributed by atoms with Crippen LogP contribution in [0.4, 0.5) is 0 Å². The molecule has 0 fully saturated rings. The Kier molecular flexibility index (Phi) is 2.29. The van der Waals surface area contributed by atoms with Gasteiger partial charge in [0.1, 0.15) is 12.4 Å². The van der Waals surface area contributed by atoms with Gasteiger partial charge in [-0.25, -0.2) is 0 Å². The second kappa shape index (κ2) is 3.60. The lowest BCUT2D eigenvalue weighted by molar-refractivity contribution is 1.01. The lowest BCUT2D eigenvalue weighted by atomic mass is 10.2. The molecule has 0 aliphatic carbocycles. The van der Waals surface area contributed by atoms with E-state index in [9.17, 15) is 0 Å². The molecule has 0 spiro atoms. The van der Waals surface area contributed by atoms with Crippen LogP contribution in [0.5, 0.6) is 0 Å². The van der Waals surface area contributed by atoms with Gasteiger partial charge in [0.2, 0.25) is 4.73 Å². The molecule has 2 aromatic rings. The zero-order chi connectivity index (χ0) is 9.97. The molecular formula is C9H5BrN4. The highest BCUT2D eigenvalue weighted by atomic mass is 79.9. The fourth-order valence-corrected chi connectivity index (χ4v) is 1.53. The van der Waals surface area contributed by atoms with E-state index >= 15 is 0 Å². The molecule has 1 aromatic carbocycles. The number of nitriles is 1. The number of para-hydroxylation sites is 1. The normalized spacial score (nSPS) is 9.71. The van der Waals surface area contributed by atoms with E-state index in [0.717, 1.165) is 5.69 Å². The molecule has 1 heterocycles. The Hall–Kier alpha value is -1.67. The summed E-state index contributed by atoms with van der Waals surface area (Å²) >= 11 is 3.25. The number of nitrogens with zero attached hydrogens (tertiary/aromatic N) is 4. The van der Waals surface area contributed by atoms with E-state index in [0.29, 0.717) is 10.3 Å². The number of rotatable bonds is 1. The minimum Gasteiger partial charge on any atom is -0.275 e. The summed E-state index contributed by atoms with van der Waals surface area (Å²) in [4.78, 5) is 0. The first-order valence-electron chi connectivity index (χ1n) is 3.88. The first kappa shape index (κ1) is 8.91. The van der Waals surface area contributed by atoms with Crippen molar-refractivity contribution >= 4 is 15.9 Å². The third-order valence-electron chi connectivity index (χ3n) is 1.79. The van der Waals surface area contributed by atoms with E-state index in [1.165, 1.54) is 0 Å². The summed E-state index contributed by atoms with van der Waals surface area (Å²) in [5.74, 6) is 0. The SMILES string of the molecule is N#Cc1ccccc1-n1cnnc1Br. The molecular weight excluding hydrogens is 244 g/mol. The van der Waals surface area contributed by atoms with Crippen LogP contribution in [0.3, 0.4) is 0 Å². The maximum atomic E-state index is 8.89. The number of hydrogen-bond acceptors (Lipinski definition) is 3. The van der Waals surface area contributed by atoms with Crippen molar-refractivity contribution in [2.24, 2.45) is 0 Å². The summed E-state index contributed by atoms with van der Waals surface area (Å²) in [6.45, 7) is 0. The second-order valence-electron chi connectivity index (χ2n) is 2.60. The zero-order valence-corrected chi connectivity index (χ0v) is 8.64. The third-order valence-corrected chi connectivity index (χ3v) is 2.33. The fraction of sp³-hybridized carbons (Fsp3) is 0. The summed E-state index contributed by atoms with van der Waals surface area (Å²) < 4.78 is 2.29. The van der Waals surface area contributed by atoms with Crippen molar-refractivity contribution in [2.45, 2.75) is 0 Å². The maximum absolute atomic E-state index is 8.89. The quantitative estimate of drug-likeness (QED) is 0.775. The fourth-order valence-electron chi connectivity index (χ4n) is 1.16. The van der Waals surface area contributed by atoms with Gasteiger partial charge < -0.3 is 0 Å². The van der Waals surface area contributed by atoms with Gasteiger partial charge in [-0.3, -0.25) is 4.57 Å². The van der Waals surface area contributed by atoms with Crippen LogP contribution in [0.2, 0.25) is 0 Å². The molecule has 0 aliphatic heterocycles. The van der Waals surface area contributed by atoms with Crippen molar-refractivity contribution in [3.05, 3.63) is 40.9 Å². The molecule has 0 bridgehead atoms. The van der Waals surface area contributed by atoms with Crippen molar-refractivity contribution < 1.29 is 0 Å². The largest absolute Gasteiger partial charge is 0.275 e. The van der Waals surface area contributed by atoms with Crippen molar-refractivity contribution in [2.75, 3.05) is 0 Å². The Morgan fingerprint density at radius 3 is 2.79 bits per heavy atom. The van der Waals surface area contributed by atoms with Gasteiger partial charge in [0.25, 0.3) is 0 Å². The van der Waals surface area contributed by atoms with Crippen molar-refractivity contribution in [3.8, 4) is 11.8 Å². The Morgan fingerprint density at radius 2 is 2.14 bits per heavy atom. The van der Waals surface area contributed by atoms with E-state index in [4.69, 9.17) is 5.26 Å². The van der Waals surface area contributed by atoms with Crippen LogP contribution in [-0.2, 0) is 0 Å². The smallest absolute Gasteiger partial charge is 0.204 e. The molecule has 0 atom stereocenters. The van der Waals surface area contributed by atoms with Gasteiger partial charge in [-0.15, -0.1) is 10.2 Å². The van der Waals surface area contributed by atoms with Crippen molar-refractivity contribution in [3.63, 3.8) is 0 Å². The van der Waals surface area contributed by atoms with Crippen LogP contribution in [0.15, 0.2) is 35.3 Å². The topological polar surface area (TPSA) is 54.5 Å². The highest BCUT2D eigenvalue weighted by Crippen LogP contribution is 2.17. The third kappa shape index (κ3) is 1.40. The molecule has 0 radical (unpaired) electrons. The second-order valence-corrected chi connectivity index (χ2v) is 3.31. The van der Waals surface area contributed by atoms with Gasteiger partial charge in [-0.05, 0) is 28.1 Å². The average molecular weight is 249 g/mol. The van der Waals surface area contributed by atoms with E-state index in [-0.39, 0.29) is 0 Å². The van der Waals surface area contributed by atoms with E-state index in [1.807, 2.05) is 18.2 Å². The van der Waals surface area contributed by atoms with Gasteiger partial charge in [-0.2, -0.15) is 5.26 Å². The number of benzene rings is 1. The molecule has 0 saturated carbocycles. The molecule has 4 nitrogen and oxygen atoms in total. The lowest BCUT2D eigenvalue weighted by Gasteiger charge is -2.03.